The predicted molar refractivity (Wildman–Crippen MR) is 118 cm³/mol. The molecule has 1 amide bonds. The quantitative estimate of drug-likeness (QED) is 0.668. The predicted octanol–water partition coefficient (Wildman–Crippen LogP) is 4.24. The molecule has 1 aliphatic heterocycles. The maximum Gasteiger partial charge on any atom is 0.251 e. The Hall–Kier alpha value is -3.41. The number of nitrogens with one attached hydrogen (secondary N) is 1. The summed E-state index contributed by atoms with van der Waals surface area (Å²) in [5.74, 6) is 1.45. The minimum atomic E-state index is -0.126. The smallest absolute Gasteiger partial charge is 0.251 e. The van der Waals surface area contributed by atoms with Crippen LogP contribution in [-0.4, -0.2) is 36.1 Å². The number of rotatable bonds is 6. The van der Waals surface area contributed by atoms with Crippen LogP contribution in [0.1, 0.15) is 41.7 Å². The SMILES string of the molecule is COc1cccc(C(C)NC(=O)c2ccc(-c3cnc(N4CCCC4)nc3)cc2)c1. The van der Waals surface area contributed by atoms with E-state index in [0.29, 0.717) is 5.56 Å². The highest BCUT2D eigenvalue weighted by Crippen LogP contribution is 2.22. The molecule has 1 N–H and O–H groups in total. The summed E-state index contributed by atoms with van der Waals surface area (Å²) in [7, 11) is 1.63. The second kappa shape index (κ2) is 8.95. The molecule has 6 nitrogen and oxygen atoms in total. The molecule has 0 saturated carbocycles. The lowest BCUT2D eigenvalue weighted by molar-refractivity contribution is 0.0940. The maximum atomic E-state index is 12.6. The first-order valence-corrected chi connectivity index (χ1v) is 10.3. The van der Waals surface area contributed by atoms with Crippen LogP contribution in [0.2, 0.25) is 0 Å². The molecular weight excluding hydrogens is 376 g/mol. The van der Waals surface area contributed by atoms with E-state index in [2.05, 4.69) is 20.2 Å². The van der Waals surface area contributed by atoms with Crippen LogP contribution in [0.5, 0.6) is 5.75 Å². The van der Waals surface area contributed by atoms with E-state index in [9.17, 15) is 4.79 Å². The molecule has 30 heavy (non-hydrogen) atoms. The van der Waals surface area contributed by atoms with Gasteiger partial charge in [-0.2, -0.15) is 0 Å². The molecule has 1 aliphatic rings. The van der Waals surface area contributed by atoms with Crippen LogP contribution < -0.4 is 15.0 Å². The van der Waals surface area contributed by atoms with Crippen molar-refractivity contribution in [3.05, 3.63) is 72.1 Å². The Balaban J connectivity index is 1.41. The van der Waals surface area contributed by atoms with Crippen molar-refractivity contribution in [2.24, 2.45) is 0 Å². The van der Waals surface area contributed by atoms with Gasteiger partial charge in [-0.3, -0.25) is 4.79 Å². The Kier molecular flexibility index (Phi) is 5.93. The molecule has 154 valence electrons. The summed E-state index contributed by atoms with van der Waals surface area (Å²) in [6.45, 7) is 4.01. The van der Waals surface area contributed by atoms with Crippen molar-refractivity contribution in [1.29, 1.82) is 0 Å². The zero-order valence-corrected chi connectivity index (χ0v) is 17.3. The fraction of sp³-hybridized carbons (Fsp3) is 0.292. The van der Waals surface area contributed by atoms with Crippen LogP contribution >= 0.6 is 0 Å². The first-order valence-electron chi connectivity index (χ1n) is 10.3. The van der Waals surface area contributed by atoms with Gasteiger partial charge in [0, 0.05) is 36.6 Å². The van der Waals surface area contributed by atoms with Gasteiger partial charge >= 0.3 is 0 Å². The molecule has 2 aromatic carbocycles. The van der Waals surface area contributed by atoms with Crippen LogP contribution in [0.15, 0.2) is 60.9 Å². The largest absolute Gasteiger partial charge is 0.497 e. The van der Waals surface area contributed by atoms with Crippen LogP contribution in [-0.2, 0) is 0 Å². The van der Waals surface area contributed by atoms with Crippen molar-refractivity contribution in [3.8, 4) is 16.9 Å². The van der Waals surface area contributed by atoms with E-state index in [4.69, 9.17) is 4.74 Å². The minimum absolute atomic E-state index is 0.113. The van der Waals surface area contributed by atoms with Crippen LogP contribution in [0.25, 0.3) is 11.1 Å². The van der Waals surface area contributed by atoms with Crippen molar-refractivity contribution in [1.82, 2.24) is 15.3 Å². The molecule has 1 saturated heterocycles. The Morgan fingerprint density at radius 1 is 1.03 bits per heavy atom. The number of nitrogens with zero attached hydrogens (tertiary/aromatic N) is 3. The van der Waals surface area contributed by atoms with Gasteiger partial charge < -0.3 is 15.0 Å². The molecule has 1 aromatic heterocycles. The van der Waals surface area contributed by atoms with E-state index in [-0.39, 0.29) is 11.9 Å². The highest BCUT2D eigenvalue weighted by molar-refractivity contribution is 5.94. The summed E-state index contributed by atoms with van der Waals surface area (Å²) in [5, 5.41) is 3.04. The number of benzene rings is 2. The van der Waals surface area contributed by atoms with Gasteiger partial charge in [-0.25, -0.2) is 9.97 Å². The number of carbonyl (C=O) groups is 1. The zero-order chi connectivity index (χ0) is 20.9. The van der Waals surface area contributed by atoms with Gasteiger partial charge in [0.1, 0.15) is 5.75 Å². The number of hydrogen-bond acceptors (Lipinski definition) is 5. The van der Waals surface area contributed by atoms with E-state index in [1.807, 2.05) is 67.8 Å². The molecule has 0 aliphatic carbocycles. The maximum absolute atomic E-state index is 12.6. The summed E-state index contributed by atoms with van der Waals surface area (Å²) in [6, 6.07) is 15.1. The number of anilines is 1. The molecule has 6 heteroatoms. The van der Waals surface area contributed by atoms with Gasteiger partial charge in [-0.05, 0) is 55.2 Å². The van der Waals surface area contributed by atoms with E-state index in [1.54, 1.807) is 7.11 Å². The molecule has 2 heterocycles. The average Bonchev–Trinajstić information content (AvgIpc) is 3.34. The Labute approximate surface area is 176 Å². The normalized spacial score (nSPS) is 14.4. The summed E-state index contributed by atoms with van der Waals surface area (Å²) in [4.78, 5) is 23.9. The van der Waals surface area contributed by atoms with Gasteiger partial charge in [0.05, 0.1) is 13.2 Å². The first kappa shape index (κ1) is 19.9. The second-order valence-electron chi connectivity index (χ2n) is 7.52. The number of hydrogen-bond donors (Lipinski definition) is 1. The number of ether oxygens (including phenoxy) is 1. The fourth-order valence-corrected chi connectivity index (χ4v) is 3.64. The third-order valence-electron chi connectivity index (χ3n) is 5.45. The van der Waals surface area contributed by atoms with Crippen molar-refractivity contribution in [2.75, 3.05) is 25.1 Å². The lowest BCUT2D eigenvalue weighted by atomic mass is 10.1. The molecule has 0 spiro atoms. The molecular formula is C24H26N4O2. The Morgan fingerprint density at radius 2 is 1.73 bits per heavy atom. The highest BCUT2D eigenvalue weighted by atomic mass is 16.5. The summed E-state index contributed by atoms with van der Waals surface area (Å²) in [6.07, 6.45) is 6.09. The topological polar surface area (TPSA) is 67.3 Å². The summed E-state index contributed by atoms with van der Waals surface area (Å²) < 4.78 is 5.26. The number of methoxy groups -OCH3 is 1. The lowest BCUT2D eigenvalue weighted by Gasteiger charge is -2.16. The summed E-state index contributed by atoms with van der Waals surface area (Å²) in [5.41, 5.74) is 3.53. The molecule has 4 rings (SSSR count). The van der Waals surface area contributed by atoms with E-state index < -0.39 is 0 Å². The van der Waals surface area contributed by atoms with Gasteiger partial charge in [0.2, 0.25) is 5.95 Å². The highest BCUT2D eigenvalue weighted by Gasteiger charge is 2.15. The van der Waals surface area contributed by atoms with Crippen LogP contribution in [0.4, 0.5) is 5.95 Å². The molecule has 3 aromatic rings. The molecule has 1 fully saturated rings. The van der Waals surface area contributed by atoms with Crippen molar-refractivity contribution in [3.63, 3.8) is 0 Å². The van der Waals surface area contributed by atoms with Gasteiger partial charge in [0.15, 0.2) is 0 Å². The lowest BCUT2D eigenvalue weighted by Crippen LogP contribution is -2.26. The van der Waals surface area contributed by atoms with E-state index in [1.165, 1.54) is 12.8 Å². The van der Waals surface area contributed by atoms with Crippen molar-refractivity contribution < 1.29 is 9.53 Å². The Bertz CT molecular complexity index is 996. The standard InChI is InChI=1S/C24H26N4O2/c1-17(20-6-5-7-22(14-20)30-2)27-23(29)19-10-8-18(9-11-19)21-15-25-24(26-16-21)28-12-3-4-13-28/h5-11,14-17H,3-4,12-13H2,1-2H3,(H,27,29). The molecule has 1 unspecified atom stereocenters. The van der Waals surface area contributed by atoms with E-state index in [0.717, 1.165) is 41.5 Å². The second-order valence-corrected chi connectivity index (χ2v) is 7.52. The zero-order valence-electron chi connectivity index (χ0n) is 17.3. The monoisotopic (exact) mass is 402 g/mol. The number of amides is 1. The van der Waals surface area contributed by atoms with Gasteiger partial charge in [-0.1, -0.05) is 24.3 Å². The van der Waals surface area contributed by atoms with Gasteiger partial charge in [0.25, 0.3) is 5.91 Å². The third-order valence-corrected chi connectivity index (χ3v) is 5.45. The molecule has 0 radical (unpaired) electrons. The summed E-state index contributed by atoms with van der Waals surface area (Å²) >= 11 is 0. The van der Waals surface area contributed by atoms with Crippen LogP contribution in [0.3, 0.4) is 0 Å². The first-order chi connectivity index (χ1) is 14.6. The minimum Gasteiger partial charge on any atom is -0.497 e. The van der Waals surface area contributed by atoms with Crippen molar-refractivity contribution in [2.45, 2.75) is 25.8 Å². The number of aromatic nitrogens is 2. The molecule has 0 bridgehead atoms. The third kappa shape index (κ3) is 4.43. The van der Waals surface area contributed by atoms with E-state index >= 15 is 0 Å². The average molecular weight is 402 g/mol. The van der Waals surface area contributed by atoms with Gasteiger partial charge in [-0.15, -0.1) is 0 Å². The Morgan fingerprint density at radius 3 is 2.40 bits per heavy atom. The molecule has 1 atom stereocenters. The van der Waals surface area contributed by atoms with Crippen molar-refractivity contribution >= 4 is 11.9 Å². The van der Waals surface area contributed by atoms with Crippen LogP contribution in [0, 0.1) is 0 Å². The number of carbonyl (C=O) groups excluding carboxylic acids is 1. The fourth-order valence-electron chi connectivity index (χ4n) is 3.64.